The Bertz CT molecular complexity index is 1170. The van der Waals surface area contributed by atoms with Gasteiger partial charge in [0, 0.05) is 17.7 Å². The number of aromatic amines is 2. The zero-order valence-corrected chi connectivity index (χ0v) is 15.0. The Morgan fingerprint density at radius 1 is 0.885 bits per heavy atom. The van der Waals surface area contributed by atoms with Crippen LogP contribution in [-0.2, 0) is 0 Å². The van der Waals surface area contributed by atoms with Crippen molar-refractivity contribution >= 4 is 12.2 Å². The van der Waals surface area contributed by atoms with Crippen molar-refractivity contribution < 1.29 is 0 Å². The van der Waals surface area contributed by atoms with Crippen LogP contribution in [0.1, 0.15) is 50.4 Å². The van der Waals surface area contributed by atoms with Gasteiger partial charge in [0.1, 0.15) is 0 Å². The molecular weight excluding hydrogens is 324 g/mol. The monoisotopic (exact) mass is 344 g/mol. The van der Waals surface area contributed by atoms with Crippen molar-refractivity contribution in [2.45, 2.75) is 26.7 Å². The Balaban J connectivity index is 2.10. The summed E-state index contributed by atoms with van der Waals surface area (Å²) in [6, 6.07) is 10.5. The maximum absolute atomic E-state index is 12.6. The fourth-order valence-electron chi connectivity index (χ4n) is 3.74. The minimum atomic E-state index is -0.491. The van der Waals surface area contributed by atoms with Crippen LogP contribution in [-0.4, -0.2) is 9.97 Å². The lowest BCUT2D eigenvalue weighted by Crippen LogP contribution is -2.27. The standard InChI is InChI=1S/C22H20N2O2/c1-12-4-7-17-15(10-12)6-9-16-14(3)13(2)5-8-18(16)20(17)19-11-23-22(26)24-21(19)25/h4-11,20H,1-3H3,(H2,23,24,25,26). The van der Waals surface area contributed by atoms with Crippen LogP contribution in [0.5, 0.6) is 0 Å². The molecule has 4 nitrogen and oxygen atoms in total. The summed E-state index contributed by atoms with van der Waals surface area (Å²) in [6.07, 6.45) is 5.79. The second kappa shape index (κ2) is 5.99. The molecule has 130 valence electrons. The van der Waals surface area contributed by atoms with Gasteiger partial charge in [0.2, 0.25) is 0 Å². The summed E-state index contributed by atoms with van der Waals surface area (Å²) in [6.45, 7) is 6.25. The van der Waals surface area contributed by atoms with Crippen molar-refractivity contribution in [1.82, 2.24) is 9.97 Å². The molecule has 0 amide bonds. The predicted octanol–water partition coefficient (Wildman–Crippen LogP) is 3.65. The van der Waals surface area contributed by atoms with Crippen LogP contribution >= 0.6 is 0 Å². The number of hydrogen-bond acceptors (Lipinski definition) is 2. The van der Waals surface area contributed by atoms with Crippen molar-refractivity contribution in [3.05, 3.63) is 102 Å². The number of aromatic nitrogens is 2. The van der Waals surface area contributed by atoms with E-state index in [1.54, 1.807) is 6.20 Å². The fourth-order valence-corrected chi connectivity index (χ4v) is 3.74. The first-order chi connectivity index (χ1) is 12.5. The summed E-state index contributed by atoms with van der Waals surface area (Å²) in [5.41, 5.74) is 7.65. The second-order valence-electron chi connectivity index (χ2n) is 6.94. The molecule has 1 aliphatic rings. The van der Waals surface area contributed by atoms with Gasteiger partial charge < -0.3 is 4.98 Å². The number of fused-ring (bicyclic) bond motifs is 2. The minimum absolute atomic E-state index is 0.240. The van der Waals surface area contributed by atoms with Crippen LogP contribution in [0.25, 0.3) is 12.2 Å². The van der Waals surface area contributed by atoms with E-state index in [-0.39, 0.29) is 11.5 Å². The van der Waals surface area contributed by atoms with E-state index in [0.717, 1.165) is 22.3 Å². The molecule has 0 saturated carbocycles. The van der Waals surface area contributed by atoms with E-state index in [0.29, 0.717) is 5.56 Å². The van der Waals surface area contributed by atoms with Crippen molar-refractivity contribution in [3.8, 4) is 0 Å². The first-order valence-electron chi connectivity index (χ1n) is 8.66. The van der Waals surface area contributed by atoms with Gasteiger partial charge in [-0.15, -0.1) is 0 Å². The minimum Gasteiger partial charge on any atom is -0.314 e. The van der Waals surface area contributed by atoms with Crippen LogP contribution in [0.3, 0.4) is 0 Å². The second-order valence-corrected chi connectivity index (χ2v) is 6.94. The summed E-state index contributed by atoms with van der Waals surface area (Å²) in [7, 11) is 0. The van der Waals surface area contributed by atoms with Gasteiger partial charge in [0.15, 0.2) is 0 Å². The number of rotatable bonds is 1. The van der Waals surface area contributed by atoms with Gasteiger partial charge >= 0.3 is 5.69 Å². The lowest BCUT2D eigenvalue weighted by atomic mass is 9.81. The maximum Gasteiger partial charge on any atom is 0.325 e. The molecule has 4 rings (SSSR count). The number of aryl methyl sites for hydroxylation is 2. The van der Waals surface area contributed by atoms with Gasteiger partial charge in [-0.1, -0.05) is 48.0 Å². The smallest absolute Gasteiger partial charge is 0.314 e. The van der Waals surface area contributed by atoms with Crippen molar-refractivity contribution in [2.24, 2.45) is 0 Å². The van der Waals surface area contributed by atoms with Crippen LogP contribution in [0.2, 0.25) is 0 Å². The molecule has 0 aliphatic heterocycles. The SMILES string of the molecule is Cc1ccc2c(c1)C=Cc1c(ccc(C)c1C)C2c1c[nH]c(=O)[nH]c1=O. The number of benzene rings is 2. The largest absolute Gasteiger partial charge is 0.325 e. The van der Waals surface area contributed by atoms with Crippen LogP contribution < -0.4 is 11.2 Å². The molecule has 1 aromatic heterocycles. The molecule has 0 saturated heterocycles. The predicted molar refractivity (Wildman–Crippen MR) is 105 cm³/mol. The van der Waals surface area contributed by atoms with Gasteiger partial charge in [-0.05, 0) is 54.2 Å². The molecule has 1 aliphatic carbocycles. The Morgan fingerprint density at radius 3 is 2.42 bits per heavy atom. The Kier molecular flexibility index (Phi) is 3.76. The molecule has 0 fully saturated rings. The average Bonchev–Trinajstić information content (AvgIpc) is 2.75. The van der Waals surface area contributed by atoms with E-state index in [2.05, 4.69) is 73.2 Å². The van der Waals surface area contributed by atoms with E-state index in [9.17, 15) is 9.59 Å². The molecule has 2 aromatic carbocycles. The highest BCUT2D eigenvalue weighted by Gasteiger charge is 2.26. The van der Waals surface area contributed by atoms with Gasteiger partial charge in [-0.2, -0.15) is 0 Å². The first-order valence-corrected chi connectivity index (χ1v) is 8.66. The third-order valence-corrected chi connectivity index (χ3v) is 5.27. The summed E-state index contributed by atoms with van der Waals surface area (Å²) < 4.78 is 0. The molecule has 0 bridgehead atoms. The van der Waals surface area contributed by atoms with Gasteiger partial charge in [-0.3, -0.25) is 9.78 Å². The molecule has 26 heavy (non-hydrogen) atoms. The van der Waals surface area contributed by atoms with E-state index >= 15 is 0 Å². The summed E-state index contributed by atoms with van der Waals surface area (Å²) in [5, 5.41) is 0. The van der Waals surface area contributed by atoms with Crippen molar-refractivity contribution in [1.29, 1.82) is 0 Å². The Hall–Kier alpha value is -3.14. The number of nitrogens with one attached hydrogen (secondary N) is 2. The van der Waals surface area contributed by atoms with E-state index in [1.165, 1.54) is 16.7 Å². The molecule has 2 N–H and O–H groups in total. The normalized spacial score (nSPS) is 15.3. The third-order valence-electron chi connectivity index (χ3n) is 5.27. The fraction of sp³-hybridized carbons (Fsp3) is 0.182. The van der Waals surface area contributed by atoms with E-state index < -0.39 is 5.69 Å². The molecule has 1 heterocycles. The topological polar surface area (TPSA) is 65.7 Å². The van der Waals surface area contributed by atoms with Gasteiger partial charge in [0.25, 0.3) is 5.56 Å². The Labute approximate surface area is 151 Å². The molecule has 3 aromatic rings. The maximum atomic E-state index is 12.6. The molecule has 0 radical (unpaired) electrons. The van der Waals surface area contributed by atoms with Crippen molar-refractivity contribution in [2.75, 3.05) is 0 Å². The van der Waals surface area contributed by atoms with Gasteiger partial charge in [-0.25, -0.2) is 4.79 Å². The lowest BCUT2D eigenvalue weighted by Gasteiger charge is -2.21. The van der Waals surface area contributed by atoms with E-state index in [1.807, 2.05) is 0 Å². The average molecular weight is 344 g/mol. The van der Waals surface area contributed by atoms with Gasteiger partial charge in [0.05, 0.1) is 0 Å². The lowest BCUT2D eigenvalue weighted by molar-refractivity contribution is 0.892. The summed E-state index contributed by atoms with van der Waals surface area (Å²) >= 11 is 0. The molecular formula is C22H20N2O2. The summed E-state index contributed by atoms with van der Waals surface area (Å²) in [4.78, 5) is 29.1. The highest BCUT2D eigenvalue weighted by atomic mass is 16.2. The van der Waals surface area contributed by atoms with Crippen LogP contribution in [0.15, 0.2) is 46.1 Å². The molecule has 1 unspecified atom stereocenters. The highest BCUT2D eigenvalue weighted by Crippen LogP contribution is 2.39. The molecule has 0 spiro atoms. The molecule has 4 heteroatoms. The highest BCUT2D eigenvalue weighted by molar-refractivity contribution is 5.79. The number of hydrogen-bond donors (Lipinski definition) is 2. The number of H-pyrrole nitrogens is 2. The van der Waals surface area contributed by atoms with E-state index in [4.69, 9.17) is 0 Å². The van der Waals surface area contributed by atoms with Crippen LogP contribution in [0, 0.1) is 20.8 Å². The quantitative estimate of drug-likeness (QED) is 0.553. The third kappa shape index (κ3) is 2.54. The van der Waals surface area contributed by atoms with Crippen molar-refractivity contribution in [3.63, 3.8) is 0 Å². The molecule has 1 atom stereocenters. The zero-order valence-electron chi connectivity index (χ0n) is 15.0. The van der Waals surface area contributed by atoms with Crippen LogP contribution in [0.4, 0.5) is 0 Å². The summed E-state index contributed by atoms with van der Waals surface area (Å²) in [5.74, 6) is -0.240. The Morgan fingerprint density at radius 2 is 1.65 bits per heavy atom. The first kappa shape index (κ1) is 16.3. The zero-order chi connectivity index (χ0) is 18.4.